The minimum Gasteiger partial charge on any atom is -0.496 e. The van der Waals surface area contributed by atoms with Crippen LogP contribution in [0.4, 0.5) is 0 Å². The van der Waals surface area contributed by atoms with E-state index in [0.29, 0.717) is 37.8 Å². The Balaban J connectivity index is 1.58. The van der Waals surface area contributed by atoms with E-state index in [1.165, 1.54) is 11.3 Å². The third-order valence-electron chi connectivity index (χ3n) is 5.15. The fourth-order valence-electron chi connectivity index (χ4n) is 3.67. The van der Waals surface area contributed by atoms with Crippen LogP contribution >= 0.6 is 11.3 Å². The SMILES string of the molecule is COc1ccc(C(=O)C2CCCN2C(=O)CCCC(=O)c2cccs2)cc1C. The number of aryl methyl sites for hydroxylation is 1. The summed E-state index contributed by atoms with van der Waals surface area (Å²) in [5.41, 5.74) is 1.51. The zero-order valence-corrected chi connectivity index (χ0v) is 17.1. The van der Waals surface area contributed by atoms with Crippen LogP contribution in [0.1, 0.15) is 57.7 Å². The third-order valence-corrected chi connectivity index (χ3v) is 6.06. The molecule has 1 aliphatic rings. The van der Waals surface area contributed by atoms with Crippen LogP contribution in [-0.4, -0.2) is 42.1 Å². The van der Waals surface area contributed by atoms with Gasteiger partial charge in [-0.2, -0.15) is 0 Å². The van der Waals surface area contributed by atoms with Crippen molar-refractivity contribution in [1.82, 2.24) is 4.90 Å². The van der Waals surface area contributed by atoms with Crippen LogP contribution in [0.3, 0.4) is 0 Å². The summed E-state index contributed by atoms with van der Waals surface area (Å²) in [6.45, 7) is 2.50. The van der Waals surface area contributed by atoms with E-state index in [0.717, 1.165) is 22.6 Å². The molecule has 1 amide bonds. The van der Waals surface area contributed by atoms with Gasteiger partial charge in [0.2, 0.25) is 5.91 Å². The van der Waals surface area contributed by atoms with E-state index >= 15 is 0 Å². The van der Waals surface area contributed by atoms with Crippen molar-refractivity contribution < 1.29 is 19.1 Å². The molecule has 1 atom stereocenters. The lowest BCUT2D eigenvalue weighted by molar-refractivity contribution is -0.131. The zero-order chi connectivity index (χ0) is 20.1. The molecule has 5 nitrogen and oxygen atoms in total. The van der Waals surface area contributed by atoms with Gasteiger partial charge in [-0.3, -0.25) is 14.4 Å². The van der Waals surface area contributed by atoms with E-state index in [-0.39, 0.29) is 17.5 Å². The van der Waals surface area contributed by atoms with E-state index in [4.69, 9.17) is 4.74 Å². The maximum Gasteiger partial charge on any atom is 0.223 e. The Bertz CT molecular complexity index is 859. The highest BCUT2D eigenvalue weighted by Crippen LogP contribution is 2.25. The van der Waals surface area contributed by atoms with Gasteiger partial charge < -0.3 is 9.64 Å². The molecule has 0 radical (unpaired) electrons. The summed E-state index contributed by atoms with van der Waals surface area (Å²) < 4.78 is 5.25. The molecule has 0 spiro atoms. The number of ketones is 2. The van der Waals surface area contributed by atoms with Crippen molar-refractivity contribution >= 4 is 28.8 Å². The lowest BCUT2D eigenvalue weighted by Crippen LogP contribution is -2.40. The molecule has 2 aromatic rings. The largest absolute Gasteiger partial charge is 0.496 e. The summed E-state index contributed by atoms with van der Waals surface area (Å²) in [6, 6.07) is 8.62. The van der Waals surface area contributed by atoms with Gasteiger partial charge in [-0.05, 0) is 61.4 Å². The van der Waals surface area contributed by atoms with Crippen molar-refractivity contribution in [1.29, 1.82) is 0 Å². The predicted octanol–water partition coefficient (Wildman–Crippen LogP) is 4.29. The number of carbonyl (C=O) groups is 3. The number of hydrogen-bond acceptors (Lipinski definition) is 5. The number of amides is 1. The van der Waals surface area contributed by atoms with E-state index in [2.05, 4.69) is 0 Å². The Hall–Kier alpha value is -2.47. The lowest BCUT2D eigenvalue weighted by atomic mass is 9.99. The molecule has 6 heteroatoms. The summed E-state index contributed by atoms with van der Waals surface area (Å²) in [6.07, 6.45) is 2.67. The normalized spacial score (nSPS) is 16.2. The average Bonchev–Trinajstić information content (AvgIpc) is 3.39. The van der Waals surface area contributed by atoms with Gasteiger partial charge in [0, 0.05) is 24.9 Å². The molecule has 3 rings (SSSR count). The highest BCUT2D eigenvalue weighted by atomic mass is 32.1. The molecule has 0 saturated carbocycles. The molecule has 1 unspecified atom stereocenters. The van der Waals surface area contributed by atoms with Crippen LogP contribution in [0.2, 0.25) is 0 Å². The number of nitrogens with zero attached hydrogens (tertiary/aromatic N) is 1. The molecular formula is C22H25NO4S. The number of benzene rings is 1. The van der Waals surface area contributed by atoms with Gasteiger partial charge in [0.05, 0.1) is 18.0 Å². The smallest absolute Gasteiger partial charge is 0.223 e. The topological polar surface area (TPSA) is 63.7 Å². The standard InChI is InChI=1S/C22H25NO4S/c1-15-14-16(10-11-19(15)27-2)22(26)17-6-4-12-23(17)21(25)9-3-7-18(24)20-8-5-13-28-20/h5,8,10-11,13-14,17H,3-4,6-7,9,12H2,1-2H3. The van der Waals surface area contributed by atoms with Crippen LogP contribution in [0.5, 0.6) is 5.75 Å². The van der Waals surface area contributed by atoms with Gasteiger partial charge >= 0.3 is 0 Å². The molecule has 2 heterocycles. The maximum atomic E-state index is 13.0. The number of carbonyl (C=O) groups excluding carboxylic acids is 3. The third kappa shape index (κ3) is 4.50. The summed E-state index contributed by atoms with van der Waals surface area (Å²) in [7, 11) is 1.60. The van der Waals surface area contributed by atoms with Gasteiger partial charge in [0.15, 0.2) is 11.6 Å². The predicted molar refractivity (Wildman–Crippen MR) is 109 cm³/mol. The van der Waals surface area contributed by atoms with Crippen molar-refractivity contribution in [3.63, 3.8) is 0 Å². The lowest BCUT2D eigenvalue weighted by Gasteiger charge is -2.24. The second kappa shape index (κ2) is 9.15. The Morgan fingerprint density at radius 1 is 1.21 bits per heavy atom. The number of ether oxygens (including phenoxy) is 1. The molecule has 28 heavy (non-hydrogen) atoms. The quantitative estimate of drug-likeness (QED) is 0.621. The second-order valence-corrected chi connectivity index (χ2v) is 8.00. The number of thiophene rings is 1. The fourth-order valence-corrected chi connectivity index (χ4v) is 4.36. The monoisotopic (exact) mass is 399 g/mol. The van der Waals surface area contributed by atoms with E-state index in [1.54, 1.807) is 30.2 Å². The average molecular weight is 400 g/mol. The van der Waals surface area contributed by atoms with Crippen LogP contribution < -0.4 is 4.74 Å². The van der Waals surface area contributed by atoms with Gasteiger partial charge in [-0.15, -0.1) is 11.3 Å². The number of rotatable bonds is 8. The van der Waals surface area contributed by atoms with Crippen LogP contribution in [0.15, 0.2) is 35.7 Å². The van der Waals surface area contributed by atoms with Crippen molar-refractivity contribution in [3.05, 3.63) is 51.7 Å². The molecule has 0 N–H and O–H groups in total. The Kier molecular flexibility index (Phi) is 6.62. The molecule has 1 fully saturated rings. The Labute approximate surface area is 169 Å². The van der Waals surface area contributed by atoms with Gasteiger partial charge in [0.25, 0.3) is 0 Å². The van der Waals surface area contributed by atoms with Crippen molar-refractivity contribution in [2.24, 2.45) is 0 Å². The van der Waals surface area contributed by atoms with Gasteiger partial charge in [-0.25, -0.2) is 0 Å². The van der Waals surface area contributed by atoms with Crippen LogP contribution in [0, 0.1) is 6.92 Å². The number of likely N-dealkylation sites (tertiary alicyclic amines) is 1. The fraction of sp³-hybridized carbons (Fsp3) is 0.409. The van der Waals surface area contributed by atoms with E-state index < -0.39 is 6.04 Å². The molecule has 0 bridgehead atoms. The first-order valence-electron chi connectivity index (χ1n) is 9.56. The maximum absolute atomic E-state index is 13.0. The minimum atomic E-state index is -0.409. The Morgan fingerprint density at radius 3 is 2.71 bits per heavy atom. The highest BCUT2D eigenvalue weighted by molar-refractivity contribution is 7.12. The molecule has 1 saturated heterocycles. The molecular weight excluding hydrogens is 374 g/mol. The van der Waals surface area contributed by atoms with Crippen LogP contribution in [0.25, 0.3) is 0 Å². The number of Topliss-reactive ketones (excluding diaryl/α,β-unsaturated/α-hetero) is 2. The molecule has 1 aliphatic heterocycles. The Morgan fingerprint density at radius 2 is 2.04 bits per heavy atom. The molecule has 148 valence electrons. The second-order valence-electron chi connectivity index (χ2n) is 7.05. The van der Waals surface area contributed by atoms with Crippen molar-refractivity contribution in [2.75, 3.05) is 13.7 Å². The summed E-state index contributed by atoms with van der Waals surface area (Å²) >= 11 is 1.42. The first kappa shape index (κ1) is 20.3. The minimum absolute atomic E-state index is 0.0220. The molecule has 1 aromatic heterocycles. The molecule has 1 aromatic carbocycles. The highest BCUT2D eigenvalue weighted by Gasteiger charge is 2.34. The van der Waals surface area contributed by atoms with Gasteiger partial charge in [-0.1, -0.05) is 6.07 Å². The zero-order valence-electron chi connectivity index (χ0n) is 16.3. The summed E-state index contributed by atoms with van der Waals surface area (Å²) in [5, 5.41) is 1.87. The summed E-state index contributed by atoms with van der Waals surface area (Å²) in [5.74, 6) is 0.753. The van der Waals surface area contributed by atoms with Crippen molar-refractivity contribution in [2.45, 2.75) is 45.1 Å². The van der Waals surface area contributed by atoms with Gasteiger partial charge in [0.1, 0.15) is 5.75 Å². The van der Waals surface area contributed by atoms with E-state index in [9.17, 15) is 14.4 Å². The van der Waals surface area contributed by atoms with Crippen LogP contribution in [-0.2, 0) is 4.79 Å². The number of hydrogen-bond donors (Lipinski definition) is 0. The summed E-state index contributed by atoms with van der Waals surface area (Å²) in [4.78, 5) is 40.1. The molecule has 0 aliphatic carbocycles. The van der Waals surface area contributed by atoms with Crippen molar-refractivity contribution in [3.8, 4) is 5.75 Å². The van der Waals surface area contributed by atoms with E-state index in [1.807, 2.05) is 24.4 Å². The first-order valence-corrected chi connectivity index (χ1v) is 10.4. The first-order chi connectivity index (χ1) is 13.5. The number of methoxy groups -OCH3 is 1.